The van der Waals surface area contributed by atoms with Gasteiger partial charge in [0.05, 0.1) is 12.1 Å². The first-order valence-electron chi connectivity index (χ1n) is 6.84. The molecule has 1 fully saturated rings. The predicted molar refractivity (Wildman–Crippen MR) is 74.2 cm³/mol. The van der Waals surface area contributed by atoms with E-state index in [0.717, 1.165) is 19.0 Å². The lowest BCUT2D eigenvalue weighted by Crippen LogP contribution is -2.52. The van der Waals surface area contributed by atoms with E-state index in [-0.39, 0.29) is 5.54 Å². The van der Waals surface area contributed by atoms with Crippen molar-refractivity contribution >= 4 is 5.96 Å². The minimum atomic E-state index is 0.194. The molecule has 0 bridgehead atoms. The zero-order valence-corrected chi connectivity index (χ0v) is 11.0. The van der Waals surface area contributed by atoms with Gasteiger partial charge in [-0.3, -0.25) is 4.99 Å². The predicted octanol–water partition coefficient (Wildman–Crippen LogP) is 2.38. The Balaban J connectivity index is 1.86. The zero-order chi connectivity index (χ0) is 12.6. The molecule has 0 amide bonds. The molecule has 2 unspecified atom stereocenters. The summed E-state index contributed by atoms with van der Waals surface area (Å²) in [4.78, 5) is 6.87. The maximum absolute atomic E-state index is 6.12. The van der Waals surface area contributed by atoms with E-state index < -0.39 is 0 Å². The van der Waals surface area contributed by atoms with E-state index in [4.69, 9.17) is 5.73 Å². The van der Waals surface area contributed by atoms with Crippen LogP contribution in [0, 0.1) is 5.92 Å². The van der Waals surface area contributed by atoms with Crippen LogP contribution in [-0.4, -0.2) is 22.9 Å². The first-order valence-corrected chi connectivity index (χ1v) is 6.84. The Morgan fingerprint density at radius 1 is 1.39 bits per heavy atom. The molecule has 1 aliphatic heterocycles. The summed E-state index contributed by atoms with van der Waals surface area (Å²) in [5, 5.41) is 0. The summed E-state index contributed by atoms with van der Waals surface area (Å²) in [6.45, 7) is 4.12. The van der Waals surface area contributed by atoms with Gasteiger partial charge in [-0.05, 0) is 24.3 Å². The summed E-state index contributed by atoms with van der Waals surface area (Å²) in [6, 6.07) is 10.6. The van der Waals surface area contributed by atoms with Gasteiger partial charge in [-0.2, -0.15) is 0 Å². The summed E-state index contributed by atoms with van der Waals surface area (Å²) in [6.07, 6.45) is 3.83. The SMILES string of the molecule is CC1CCCC12CN=C(N)N2Cc1ccccc1. The van der Waals surface area contributed by atoms with E-state index >= 15 is 0 Å². The molecule has 0 radical (unpaired) electrons. The molecule has 0 saturated heterocycles. The summed E-state index contributed by atoms with van der Waals surface area (Å²) < 4.78 is 0. The molecule has 1 heterocycles. The molecule has 3 rings (SSSR count). The molecule has 0 aromatic heterocycles. The van der Waals surface area contributed by atoms with Gasteiger partial charge in [0.25, 0.3) is 0 Å². The number of rotatable bonds is 2. The van der Waals surface area contributed by atoms with Crippen LogP contribution in [0.3, 0.4) is 0 Å². The average Bonchev–Trinajstić information content (AvgIpc) is 2.90. The number of hydrogen-bond acceptors (Lipinski definition) is 3. The van der Waals surface area contributed by atoms with Crippen molar-refractivity contribution in [2.24, 2.45) is 16.6 Å². The number of hydrogen-bond donors (Lipinski definition) is 1. The van der Waals surface area contributed by atoms with Gasteiger partial charge in [-0.1, -0.05) is 43.7 Å². The highest BCUT2D eigenvalue weighted by molar-refractivity contribution is 5.81. The van der Waals surface area contributed by atoms with Gasteiger partial charge >= 0.3 is 0 Å². The molecule has 3 nitrogen and oxygen atoms in total. The van der Waals surface area contributed by atoms with Gasteiger partial charge in [0.2, 0.25) is 0 Å². The lowest BCUT2D eigenvalue weighted by molar-refractivity contribution is 0.149. The first kappa shape index (κ1) is 11.6. The van der Waals surface area contributed by atoms with Crippen LogP contribution >= 0.6 is 0 Å². The van der Waals surface area contributed by atoms with Crippen molar-refractivity contribution in [3.8, 4) is 0 Å². The molecule has 18 heavy (non-hydrogen) atoms. The molecule has 2 aliphatic rings. The highest BCUT2D eigenvalue weighted by Gasteiger charge is 2.48. The van der Waals surface area contributed by atoms with E-state index in [1.165, 1.54) is 24.8 Å². The largest absolute Gasteiger partial charge is 0.370 e. The summed E-state index contributed by atoms with van der Waals surface area (Å²) in [5.74, 6) is 1.42. The third-order valence-corrected chi connectivity index (χ3v) is 4.68. The molecular formula is C15H21N3. The molecule has 1 aromatic rings. The van der Waals surface area contributed by atoms with Crippen LogP contribution in [0.5, 0.6) is 0 Å². The van der Waals surface area contributed by atoms with Crippen molar-refractivity contribution < 1.29 is 0 Å². The molecule has 1 spiro atoms. The molecular weight excluding hydrogens is 222 g/mol. The standard InChI is InChI=1S/C15H21N3/c1-12-6-5-9-15(12)11-17-14(16)18(15)10-13-7-3-2-4-8-13/h2-4,7-8,12H,5-6,9-11H2,1H3,(H2,16,17). The Morgan fingerprint density at radius 2 is 2.17 bits per heavy atom. The topological polar surface area (TPSA) is 41.6 Å². The van der Waals surface area contributed by atoms with E-state index in [9.17, 15) is 0 Å². The minimum absolute atomic E-state index is 0.194. The van der Waals surface area contributed by atoms with Crippen molar-refractivity contribution in [1.82, 2.24) is 4.90 Å². The van der Waals surface area contributed by atoms with Gasteiger partial charge in [0, 0.05) is 6.54 Å². The highest BCUT2D eigenvalue weighted by atomic mass is 15.4. The Kier molecular flexibility index (Phi) is 2.77. The number of nitrogens with zero attached hydrogens (tertiary/aromatic N) is 2. The first-order chi connectivity index (χ1) is 8.72. The van der Waals surface area contributed by atoms with Crippen LogP contribution < -0.4 is 5.73 Å². The quantitative estimate of drug-likeness (QED) is 0.866. The van der Waals surface area contributed by atoms with Gasteiger partial charge in [-0.15, -0.1) is 0 Å². The third-order valence-electron chi connectivity index (χ3n) is 4.68. The van der Waals surface area contributed by atoms with Crippen LogP contribution in [0.4, 0.5) is 0 Å². The normalized spacial score (nSPS) is 31.1. The summed E-state index contributed by atoms with van der Waals surface area (Å²) in [7, 11) is 0. The fraction of sp³-hybridized carbons (Fsp3) is 0.533. The second-order valence-corrected chi connectivity index (χ2v) is 5.64. The van der Waals surface area contributed by atoms with E-state index in [2.05, 4.69) is 47.1 Å². The van der Waals surface area contributed by atoms with Crippen LogP contribution in [0.15, 0.2) is 35.3 Å². The maximum atomic E-state index is 6.12. The fourth-order valence-electron chi connectivity index (χ4n) is 3.49. The molecule has 1 aliphatic carbocycles. The Hall–Kier alpha value is -1.51. The number of guanidine groups is 1. The lowest BCUT2D eigenvalue weighted by Gasteiger charge is -2.39. The Morgan fingerprint density at radius 3 is 2.83 bits per heavy atom. The van der Waals surface area contributed by atoms with Crippen molar-refractivity contribution in [3.05, 3.63) is 35.9 Å². The van der Waals surface area contributed by atoms with Crippen molar-refractivity contribution in [2.45, 2.75) is 38.3 Å². The summed E-state index contributed by atoms with van der Waals surface area (Å²) >= 11 is 0. The van der Waals surface area contributed by atoms with Gasteiger partial charge < -0.3 is 10.6 Å². The minimum Gasteiger partial charge on any atom is -0.370 e. The average molecular weight is 243 g/mol. The maximum Gasteiger partial charge on any atom is 0.192 e. The monoisotopic (exact) mass is 243 g/mol. The van der Waals surface area contributed by atoms with E-state index in [0.29, 0.717) is 5.92 Å². The highest BCUT2D eigenvalue weighted by Crippen LogP contribution is 2.43. The van der Waals surface area contributed by atoms with E-state index in [1.54, 1.807) is 0 Å². The Bertz CT molecular complexity index is 454. The van der Waals surface area contributed by atoms with Crippen LogP contribution in [-0.2, 0) is 6.54 Å². The van der Waals surface area contributed by atoms with Crippen LogP contribution in [0.1, 0.15) is 31.7 Å². The van der Waals surface area contributed by atoms with Crippen molar-refractivity contribution in [2.75, 3.05) is 6.54 Å². The molecule has 1 aromatic carbocycles. The number of aliphatic imine (C=N–C) groups is 1. The fourth-order valence-corrected chi connectivity index (χ4v) is 3.49. The third kappa shape index (κ3) is 1.69. The zero-order valence-electron chi connectivity index (χ0n) is 11.0. The number of benzene rings is 1. The molecule has 1 saturated carbocycles. The van der Waals surface area contributed by atoms with Gasteiger partial charge in [0.1, 0.15) is 0 Å². The molecule has 96 valence electrons. The number of nitrogens with two attached hydrogens (primary N) is 1. The second-order valence-electron chi connectivity index (χ2n) is 5.64. The molecule has 2 N–H and O–H groups in total. The molecule has 2 atom stereocenters. The van der Waals surface area contributed by atoms with E-state index in [1.807, 2.05) is 0 Å². The van der Waals surface area contributed by atoms with Crippen molar-refractivity contribution in [3.63, 3.8) is 0 Å². The smallest absolute Gasteiger partial charge is 0.192 e. The second kappa shape index (κ2) is 4.30. The lowest BCUT2D eigenvalue weighted by atomic mass is 9.87. The van der Waals surface area contributed by atoms with Gasteiger partial charge in [-0.25, -0.2) is 0 Å². The molecule has 3 heteroatoms. The Labute approximate surface area is 109 Å². The van der Waals surface area contributed by atoms with Gasteiger partial charge in [0.15, 0.2) is 5.96 Å². The van der Waals surface area contributed by atoms with Crippen molar-refractivity contribution in [1.29, 1.82) is 0 Å². The summed E-state index contributed by atoms with van der Waals surface area (Å²) in [5.41, 5.74) is 7.63. The van der Waals surface area contributed by atoms with Crippen LogP contribution in [0.25, 0.3) is 0 Å². The van der Waals surface area contributed by atoms with Crippen LogP contribution in [0.2, 0.25) is 0 Å².